The molecule has 0 heteroatoms. The molecule has 19 heavy (non-hydrogen) atoms. The molecule has 0 spiro atoms. The van der Waals surface area contributed by atoms with E-state index in [1.54, 1.807) is 5.57 Å². The van der Waals surface area contributed by atoms with Crippen LogP contribution in [0.5, 0.6) is 0 Å². The highest BCUT2D eigenvalue weighted by molar-refractivity contribution is 5.29. The predicted molar refractivity (Wildman–Crippen MR) is 87.2 cm³/mol. The van der Waals surface area contributed by atoms with Crippen molar-refractivity contribution in [1.29, 1.82) is 0 Å². The molecule has 1 atom stereocenters. The van der Waals surface area contributed by atoms with Crippen molar-refractivity contribution in [3.05, 3.63) is 36.0 Å². The van der Waals surface area contributed by atoms with Gasteiger partial charge in [0.05, 0.1) is 0 Å². The smallest absolute Gasteiger partial charge is 0.0165 e. The molecule has 1 aliphatic rings. The lowest BCUT2D eigenvalue weighted by Crippen LogP contribution is -2.09. The molecule has 1 fully saturated rings. The maximum atomic E-state index is 4.16. The fraction of sp³-hybridized carbons (Fsp3) is 0.684. The Hall–Kier alpha value is -0.780. The molecule has 0 aromatic carbocycles. The van der Waals surface area contributed by atoms with Gasteiger partial charge in [-0.1, -0.05) is 83.8 Å². The summed E-state index contributed by atoms with van der Waals surface area (Å²) in [6, 6.07) is 0. The number of hydrogen-bond acceptors (Lipinski definition) is 0. The predicted octanol–water partition coefficient (Wildman–Crippen LogP) is 6.31. The van der Waals surface area contributed by atoms with Crippen molar-refractivity contribution in [1.82, 2.24) is 0 Å². The lowest BCUT2D eigenvalue weighted by atomic mass is 9.82. The Labute approximate surface area is 120 Å². The monoisotopic (exact) mass is 260 g/mol. The van der Waals surface area contributed by atoms with E-state index in [1.807, 2.05) is 0 Å². The average Bonchev–Trinajstić information content (AvgIpc) is 2.43. The Bertz CT molecular complexity index is 324. The van der Waals surface area contributed by atoms with E-state index >= 15 is 0 Å². The highest BCUT2D eigenvalue weighted by atomic mass is 14.2. The van der Waals surface area contributed by atoms with Crippen LogP contribution >= 0.6 is 0 Å². The Morgan fingerprint density at radius 1 is 1.11 bits per heavy atom. The lowest BCUT2D eigenvalue weighted by molar-refractivity contribution is 0.406. The minimum atomic E-state index is 0.549. The van der Waals surface area contributed by atoms with Crippen LogP contribution in [0.25, 0.3) is 0 Å². The van der Waals surface area contributed by atoms with E-state index in [1.165, 1.54) is 44.1 Å². The van der Waals surface area contributed by atoms with Crippen LogP contribution in [-0.2, 0) is 0 Å². The summed E-state index contributed by atoms with van der Waals surface area (Å²) in [7, 11) is 0. The van der Waals surface area contributed by atoms with Crippen molar-refractivity contribution in [2.24, 2.45) is 17.8 Å². The van der Waals surface area contributed by atoms with E-state index < -0.39 is 0 Å². The van der Waals surface area contributed by atoms with Crippen LogP contribution < -0.4 is 0 Å². The normalized spacial score (nSPS) is 20.2. The number of hydrogen-bond donors (Lipinski definition) is 0. The third-order valence-corrected chi connectivity index (χ3v) is 4.43. The first-order valence-corrected chi connectivity index (χ1v) is 8.13. The molecule has 0 saturated heterocycles. The molecule has 0 bridgehead atoms. The van der Waals surface area contributed by atoms with E-state index in [9.17, 15) is 0 Å². The van der Waals surface area contributed by atoms with Crippen molar-refractivity contribution in [2.45, 2.75) is 66.2 Å². The van der Waals surface area contributed by atoms with Crippen LogP contribution in [-0.4, -0.2) is 0 Å². The van der Waals surface area contributed by atoms with Crippen molar-refractivity contribution in [3.63, 3.8) is 0 Å². The van der Waals surface area contributed by atoms with Crippen LogP contribution in [0, 0.1) is 17.8 Å². The van der Waals surface area contributed by atoms with Gasteiger partial charge in [0.25, 0.3) is 0 Å². The van der Waals surface area contributed by atoms with Gasteiger partial charge in [-0.05, 0) is 36.2 Å². The summed E-state index contributed by atoms with van der Waals surface area (Å²) in [5, 5.41) is 0. The van der Waals surface area contributed by atoms with Crippen molar-refractivity contribution >= 4 is 0 Å². The molecular formula is C19H32. The highest BCUT2D eigenvalue weighted by Crippen LogP contribution is 2.31. The molecule has 1 aliphatic carbocycles. The van der Waals surface area contributed by atoms with Crippen LogP contribution in [0.4, 0.5) is 0 Å². The molecule has 0 radical (unpaired) electrons. The number of rotatable bonds is 6. The van der Waals surface area contributed by atoms with Gasteiger partial charge in [0.1, 0.15) is 0 Å². The zero-order valence-corrected chi connectivity index (χ0v) is 13.4. The fourth-order valence-corrected chi connectivity index (χ4v) is 2.61. The van der Waals surface area contributed by atoms with Gasteiger partial charge in [-0.2, -0.15) is 0 Å². The van der Waals surface area contributed by atoms with Crippen LogP contribution in [0.1, 0.15) is 66.2 Å². The van der Waals surface area contributed by atoms with Gasteiger partial charge in [-0.15, -0.1) is 0 Å². The first-order chi connectivity index (χ1) is 9.04. The third-order valence-electron chi connectivity index (χ3n) is 4.43. The van der Waals surface area contributed by atoms with E-state index in [4.69, 9.17) is 0 Å². The van der Waals surface area contributed by atoms with Crippen molar-refractivity contribution in [3.8, 4) is 0 Å². The molecule has 0 nitrogen and oxygen atoms in total. The van der Waals surface area contributed by atoms with Gasteiger partial charge in [-0.3, -0.25) is 0 Å². The zero-order valence-electron chi connectivity index (χ0n) is 13.4. The van der Waals surface area contributed by atoms with Crippen molar-refractivity contribution < 1.29 is 0 Å². The van der Waals surface area contributed by atoms with E-state index in [-0.39, 0.29) is 0 Å². The summed E-state index contributed by atoms with van der Waals surface area (Å²) in [5.41, 5.74) is 2.81. The van der Waals surface area contributed by atoms with E-state index in [0.29, 0.717) is 11.8 Å². The summed E-state index contributed by atoms with van der Waals surface area (Å²) in [5.74, 6) is 2.03. The minimum Gasteiger partial charge on any atom is -0.0956 e. The quantitative estimate of drug-likeness (QED) is 0.491. The Morgan fingerprint density at radius 2 is 1.74 bits per heavy atom. The van der Waals surface area contributed by atoms with Crippen LogP contribution in [0.2, 0.25) is 0 Å². The molecule has 0 aromatic heterocycles. The molecule has 0 aromatic rings. The minimum absolute atomic E-state index is 0.549. The van der Waals surface area contributed by atoms with Crippen molar-refractivity contribution in [2.75, 3.05) is 0 Å². The summed E-state index contributed by atoms with van der Waals surface area (Å²) < 4.78 is 0. The molecule has 1 unspecified atom stereocenters. The maximum absolute atomic E-state index is 4.16. The topological polar surface area (TPSA) is 0 Å². The van der Waals surface area contributed by atoms with E-state index in [2.05, 4.69) is 52.5 Å². The zero-order chi connectivity index (χ0) is 14.3. The maximum Gasteiger partial charge on any atom is -0.0165 e. The Balaban J connectivity index is 2.79. The number of allylic oxidation sites excluding steroid dienone is 5. The molecule has 0 amide bonds. The SMILES string of the molecule is C=C(/C=C\C(=C/C(C)CC)C1CCCCC1)C(C)C. The first-order valence-electron chi connectivity index (χ1n) is 8.13. The van der Waals surface area contributed by atoms with E-state index in [0.717, 1.165) is 5.92 Å². The van der Waals surface area contributed by atoms with Crippen LogP contribution in [0.3, 0.4) is 0 Å². The third kappa shape index (κ3) is 5.80. The van der Waals surface area contributed by atoms with Gasteiger partial charge < -0.3 is 0 Å². The molecule has 0 N–H and O–H groups in total. The first kappa shape index (κ1) is 16.3. The van der Waals surface area contributed by atoms with Gasteiger partial charge >= 0.3 is 0 Å². The summed E-state index contributed by atoms with van der Waals surface area (Å²) in [6.45, 7) is 13.2. The van der Waals surface area contributed by atoms with Gasteiger partial charge in [-0.25, -0.2) is 0 Å². The van der Waals surface area contributed by atoms with Crippen LogP contribution in [0.15, 0.2) is 36.0 Å². The Morgan fingerprint density at radius 3 is 2.26 bits per heavy atom. The molecule has 1 saturated carbocycles. The fourth-order valence-electron chi connectivity index (χ4n) is 2.61. The second-order valence-electron chi connectivity index (χ2n) is 6.45. The highest BCUT2D eigenvalue weighted by Gasteiger charge is 2.16. The molecule has 1 rings (SSSR count). The second kappa shape index (κ2) is 8.40. The van der Waals surface area contributed by atoms with Gasteiger partial charge in [0.15, 0.2) is 0 Å². The Kier molecular flexibility index (Phi) is 7.20. The summed E-state index contributed by atoms with van der Waals surface area (Å²) in [6.07, 6.45) is 15.3. The van der Waals surface area contributed by atoms with Gasteiger partial charge in [0.2, 0.25) is 0 Å². The molecule has 108 valence electrons. The molecular weight excluding hydrogens is 228 g/mol. The average molecular weight is 260 g/mol. The summed E-state index contributed by atoms with van der Waals surface area (Å²) in [4.78, 5) is 0. The largest absolute Gasteiger partial charge is 0.0956 e. The molecule has 0 heterocycles. The standard InChI is InChI=1S/C19H32/c1-6-16(4)14-19(13-12-17(5)15(2)3)18-10-8-7-9-11-18/h12-16,18H,5-11H2,1-4H3/b13-12-,19-14+. The second-order valence-corrected chi connectivity index (χ2v) is 6.45. The van der Waals surface area contributed by atoms with Gasteiger partial charge in [0, 0.05) is 0 Å². The lowest BCUT2D eigenvalue weighted by Gasteiger charge is -2.24. The summed E-state index contributed by atoms with van der Waals surface area (Å²) >= 11 is 0. The molecule has 0 aliphatic heterocycles.